The number of rotatable bonds is 5. The summed E-state index contributed by atoms with van der Waals surface area (Å²) in [4.78, 5) is 23.7. The maximum Gasteiger partial charge on any atom is 0.311 e. The van der Waals surface area contributed by atoms with Crippen molar-refractivity contribution in [2.24, 2.45) is 5.41 Å². The van der Waals surface area contributed by atoms with Crippen molar-refractivity contribution >= 4 is 17.6 Å². The van der Waals surface area contributed by atoms with E-state index in [9.17, 15) is 14.7 Å². The molecule has 0 spiro atoms. The van der Waals surface area contributed by atoms with Gasteiger partial charge in [0.05, 0.1) is 23.6 Å². The number of carbonyl (C=O) groups excluding carboxylic acids is 1. The minimum absolute atomic E-state index is 0.253. The first-order chi connectivity index (χ1) is 9.52. The molecule has 0 heterocycles. The summed E-state index contributed by atoms with van der Waals surface area (Å²) in [6, 6.07) is 4.75. The number of nitrogens with one attached hydrogen (secondary N) is 1. The van der Waals surface area contributed by atoms with Crippen molar-refractivity contribution in [1.29, 1.82) is 0 Å². The fourth-order valence-electron chi connectivity index (χ4n) is 1.63. The molecule has 0 saturated carbocycles. The third-order valence-corrected chi connectivity index (χ3v) is 4.03. The molecule has 0 aliphatic heterocycles. The molecule has 0 aliphatic carbocycles. The van der Waals surface area contributed by atoms with Gasteiger partial charge in [0.15, 0.2) is 0 Å². The molecule has 116 valence electrons. The van der Waals surface area contributed by atoms with Crippen molar-refractivity contribution in [3.8, 4) is 5.75 Å². The average molecular weight is 294 g/mol. The Hall–Kier alpha value is -2.24. The summed E-state index contributed by atoms with van der Waals surface area (Å²) < 4.78 is 5.07. The Balaban J connectivity index is 3.08. The summed E-state index contributed by atoms with van der Waals surface area (Å²) >= 11 is 0. The summed E-state index contributed by atoms with van der Waals surface area (Å²) in [5.74, 6) is -0.929. The van der Waals surface area contributed by atoms with Crippen molar-refractivity contribution in [3.05, 3.63) is 23.8 Å². The van der Waals surface area contributed by atoms with Crippen molar-refractivity contribution < 1.29 is 19.4 Å². The summed E-state index contributed by atoms with van der Waals surface area (Å²) in [5, 5.41) is 12.0. The first-order valence-electron chi connectivity index (χ1n) is 6.52. The Morgan fingerprint density at radius 3 is 2.29 bits per heavy atom. The number of carbonyl (C=O) groups is 2. The summed E-state index contributed by atoms with van der Waals surface area (Å²) in [6.07, 6.45) is 0. The number of amides is 1. The van der Waals surface area contributed by atoms with E-state index in [1.807, 2.05) is 0 Å². The van der Waals surface area contributed by atoms with E-state index in [-0.39, 0.29) is 5.56 Å². The lowest BCUT2D eigenvalue weighted by Gasteiger charge is -2.38. The third-order valence-electron chi connectivity index (χ3n) is 4.03. The van der Waals surface area contributed by atoms with Gasteiger partial charge in [0.25, 0.3) is 5.91 Å². The van der Waals surface area contributed by atoms with Gasteiger partial charge >= 0.3 is 5.97 Å². The first-order valence-corrected chi connectivity index (χ1v) is 6.52. The van der Waals surface area contributed by atoms with Gasteiger partial charge in [-0.25, -0.2) is 0 Å². The zero-order valence-electron chi connectivity index (χ0n) is 13.0. The second-order valence-electron chi connectivity index (χ2n) is 5.96. The van der Waals surface area contributed by atoms with Crippen LogP contribution in [0.2, 0.25) is 0 Å². The largest absolute Gasteiger partial charge is 0.497 e. The molecule has 1 aromatic rings. The molecule has 1 amide bonds. The number of benzene rings is 1. The van der Waals surface area contributed by atoms with Gasteiger partial charge in [-0.1, -0.05) is 0 Å². The van der Waals surface area contributed by atoms with Crippen molar-refractivity contribution in [2.45, 2.75) is 33.2 Å². The fourth-order valence-corrected chi connectivity index (χ4v) is 1.63. The van der Waals surface area contributed by atoms with Crippen LogP contribution in [0.5, 0.6) is 5.75 Å². The van der Waals surface area contributed by atoms with Crippen LogP contribution >= 0.6 is 0 Å². The lowest BCUT2D eigenvalue weighted by Crippen LogP contribution is -2.57. The van der Waals surface area contributed by atoms with E-state index in [2.05, 4.69) is 5.32 Å². The molecule has 0 radical (unpaired) electrons. The van der Waals surface area contributed by atoms with Gasteiger partial charge in [0, 0.05) is 5.69 Å². The Bertz CT molecular complexity index is 565. The highest BCUT2D eigenvalue weighted by atomic mass is 16.5. The molecule has 0 bridgehead atoms. The second-order valence-corrected chi connectivity index (χ2v) is 5.96. The van der Waals surface area contributed by atoms with Crippen LogP contribution in [-0.2, 0) is 4.79 Å². The number of hydrogen-bond donors (Lipinski definition) is 3. The zero-order chi connectivity index (χ0) is 16.4. The molecular weight excluding hydrogens is 272 g/mol. The minimum Gasteiger partial charge on any atom is -0.497 e. The Morgan fingerprint density at radius 1 is 1.24 bits per heavy atom. The predicted molar refractivity (Wildman–Crippen MR) is 80.4 cm³/mol. The van der Waals surface area contributed by atoms with E-state index >= 15 is 0 Å². The van der Waals surface area contributed by atoms with E-state index in [1.54, 1.807) is 39.8 Å². The van der Waals surface area contributed by atoms with E-state index in [0.29, 0.717) is 11.4 Å². The van der Waals surface area contributed by atoms with Crippen LogP contribution in [0.4, 0.5) is 5.69 Å². The Morgan fingerprint density at radius 2 is 1.81 bits per heavy atom. The van der Waals surface area contributed by atoms with E-state index < -0.39 is 22.8 Å². The molecule has 0 fully saturated rings. The highest BCUT2D eigenvalue weighted by molar-refractivity contribution is 6.00. The van der Waals surface area contributed by atoms with Gasteiger partial charge < -0.3 is 20.9 Å². The van der Waals surface area contributed by atoms with Crippen molar-refractivity contribution in [1.82, 2.24) is 5.32 Å². The molecule has 4 N–H and O–H groups in total. The van der Waals surface area contributed by atoms with Gasteiger partial charge in [0.2, 0.25) is 0 Å². The lowest BCUT2D eigenvalue weighted by atomic mass is 9.74. The smallest absolute Gasteiger partial charge is 0.311 e. The van der Waals surface area contributed by atoms with E-state index in [1.165, 1.54) is 13.2 Å². The molecule has 1 rings (SSSR count). The van der Waals surface area contributed by atoms with Crippen molar-refractivity contribution in [2.75, 3.05) is 12.8 Å². The molecule has 0 saturated heterocycles. The fraction of sp³-hybridized carbons (Fsp3) is 0.467. The Labute approximate surface area is 124 Å². The van der Waals surface area contributed by atoms with Crippen LogP contribution in [0.1, 0.15) is 38.1 Å². The molecule has 0 aromatic heterocycles. The highest BCUT2D eigenvalue weighted by Gasteiger charge is 2.44. The molecule has 1 aromatic carbocycles. The second kappa shape index (κ2) is 5.63. The van der Waals surface area contributed by atoms with Crippen LogP contribution in [0.25, 0.3) is 0 Å². The summed E-state index contributed by atoms with van der Waals surface area (Å²) in [7, 11) is 1.49. The number of nitrogens with two attached hydrogens (primary N) is 1. The molecule has 0 atom stereocenters. The number of ether oxygens (including phenoxy) is 1. The number of anilines is 1. The van der Waals surface area contributed by atoms with Gasteiger partial charge in [0.1, 0.15) is 5.75 Å². The summed E-state index contributed by atoms with van der Waals surface area (Å²) in [5.41, 5.74) is 4.25. The van der Waals surface area contributed by atoms with Gasteiger partial charge in [-0.3, -0.25) is 9.59 Å². The molecule has 0 aliphatic rings. The number of hydrogen-bond acceptors (Lipinski definition) is 4. The van der Waals surface area contributed by atoms with Gasteiger partial charge in [-0.05, 0) is 45.9 Å². The van der Waals surface area contributed by atoms with Crippen molar-refractivity contribution in [3.63, 3.8) is 0 Å². The minimum atomic E-state index is -1.14. The maximum absolute atomic E-state index is 12.4. The van der Waals surface area contributed by atoms with Crippen LogP contribution in [-0.4, -0.2) is 29.6 Å². The van der Waals surface area contributed by atoms with Gasteiger partial charge in [-0.2, -0.15) is 0 Å². The summed E-state index contributed by atoms with van der Waals surface area (Å²) in [6.45, 7) is 6.44. The molecule has 21 heavy (non-hydrogen) atoms. The molecule has 6 nitrogen and oxygen atoms in total. The molecule has 6 heteroatoms. The number of nitrogen functional groups attached to an aromatic ring is 1. The van der Waals surface area contributed by atoms with Crippen LogP contribution in [0, 0.1) is 5.41 Å². The predicted octanol–water partition coefficient (Wildman–Crippen LogP) is 1.90. The first kappa shape index (κ1) is 16.8. The van der Waals surface area contributed by atoms with E-state index in [0.717, 1.165) is 0 Å². The standard InChI is InChI=1S/C15H22N2O4/c1-14(2,13(19)20)15(3,4)17-12(18)10-8-9(21-5)6-7-11(10)16/h6-8H,16H2,1-5H3,(H,17,18)(H,19,20). The van der Waals surface area contributed by atoms with Gasteiger partial charge in [-0.15, -0.1) is 0 Å². The number of carboxylic acids is 1. The van der Waals surface area contributed by atoms with Crippen LogP contribution < -0.4 is 15.8 Å². The topological polar surface area (TPSA) is 102 Å². The van der Waals surface area contributed by atoms with Crippen LogP contribution in [0.3, 0.4) is 0 Å². The highest BCUT2D eigenvalue weighted by Crippen LogP contribution is 2.31. The molecular formula is C15H22N2O4. The monoisotopic (exact) mass is 294 g/mol. The zero-order valence-corrected chi connectivity index (χ0v) is 13.0. The number of carboxylic acid groups (broad SMARTS) is 1. The third kappa shape index (κ3) is 3.26. The quantitative estimate of drug-likeness (QED) is 0.720. The maximum atomic E-state index is 12.4. The lowest BCUT2D eigenvalue weighted by molar-refractivity contribution is -0.150. The van der Waals surface area contributed by atoms with Crippen LogP contribution in [0.15, 0.2) is 18.2 Å². The average Bonchev–Trinajstić information content (AvgIpc) is 2.38. The SMILES string of the molecule is COc1ccc(N)c(C(=O)NC(C)(C)C(C)(C)C(=O)O)c1. The molecule has 0 unspecified atom stereocenters. The van der Waals surface area contributed by atoms with E-state index in [4.69, 9.17) is 10.5 Å². The Kier molecular flexibility index (Phi) is 4.51. The number of aliphatic carboxylic acids is 1. The number of methoxy groups -OCH3 is 1. The normalized spacial score (nSPS) is 11.9.